The van der Waals surface area contributed by atoms with E-state index in [-0.39, 0.29) is 25.1 Å². The number of anilines is 1. The van der Waals surface area contributed by atoms with Crippen LogP contribution >= 0.6 is 13.5 Å². The predicted octanol–water partition coefficient (Wildman–Crippen LogP) is 4.67. The predicted molar refractivity (Wildman–Crippen MR) is 114 cm³/mol. The van der Waals surface area contributed by atoms with Gasteiger partial charge in [0.1, 0.15) is 11.4 Å². The monoisotopic (exact) mass is 384 g/mol. The first kappa shape index (κ1) is 24.4. The average molecular weight is 385 g/mol. The van der Waals surface area contributed by atoms with Crippen molar-refractivity contribution in [2.45, 2.75) is 59.6 Å². The van der Waals surface area contributed by atoms with Gasteiger partial charge in [-0.05, 0) is 58.9 Å². The smallest absolute Gasteiger partial charge is 0.410 e. The lowest BCUT2D eigenvalue weighted by Gasteiger charge is -2.47. The van der Waals surface area contributed by atoms with Crippen molar-refractivity contribution in [1.29, 1.82) is 0 Å². The Morgan fingerprint density at radius 1 is 1.08 bits per heavy atom. The van der Waals surface area contributed by atoms with Gasteiger partial charge >= 0.3 is 6.09 Å². The molecule has 1 amide bonds. The molecule has 0 aliphatic carbocycles. The van der Waals surface area contributed by atoms with E-state index in [1.54, 1.807) is 7.11 Å². The number of carbonyl (C=O) groups excluding carboxylic acids is 1. The summed E-state index contributed by atoms with van der Waals surface area (Å²) in [6, 6.07) is 8.03. The number of ether oxygens (including phenoxy) is 2. The van der Waals surface area contributed by atoms with Gasteiger partial charge in [0.2, 0.25) is 0 Å². The van der Waals surface area contributed by atoms with Crippen LogP contribution in [0.5, 0.6) is 5.75 Å². The first-order valence-corrected chi connectivity index (χ1v) is 9.02. The molecule has 0 saturated carbocycles. The topological polar surface area (TPSA) is 42.0 Å². The van der Waals surface area contributed by atoms with Crippen LogP contribution in [-0.4, -0.2) is 48.9 Å². The minimum absolute atomic E-state index is 0. The molecule has 1 aromatic carbocycles. The van der Waals surface area contributed by atoms with Crippen LogP contribution in [0, 0.1) is 0 Å². The molecule has 6 heteroatoms. The standard InChI is InChI=1S/C18H28N2O3.C2H6.H2S/c1-17(2,3)23-16(21)20-12-11-19(13-18(20,4)5)14-7-9-15(22-6)10-8-14;1-2;/h7-10H,11-13H2,1-6H3;1-2H3;1H2. The molecule has 150 valence electrons. The molecule has 1 fully saturated rings. The molecule has 0 N–H and O–H groups in total. The molecule has 26 heavy (non-hydrogen) atoms. The number of hydrogen-bond acceptors (Lipinski definition) is 4. The zero-order valence-corrected chi connectivity index (χ0v) is 18.5. The van der Waals surface area contributed by atoms with E-state index in [0.29, 0.717) is 6.54 Å². The maximum atomic E-state index is 12.4. The molecule has 0 bridgehead atoms. The molecule has 5 nitrogen and oxygen atoms in total. The van der Waals surface area contributed by atoms with Crippen LogP contribution in [0.1, 0.15) is 48.5 Å². The Hall–Kier alpha value is -1.56. The molecule has 1 aromatic rings. The van der Waals surface area contributed by atoms with Crippen molar-refractivity contribution in [2.75, 3.05) is 31.6 Å². The van der Waals surface area contributed by atoms with E-state index in [9.17, 15) is 4.79 Å². The lowest BCUT2D eigenvalue weighted by atomic mass is 9.99. The zero-order chi connectivity index (χ0) is 19.3. The van der Waals surface area contributed by atoms with Crippen molar-refractivity contribution in [1.82, 2.24) is 4.90 Å². The summed E-state index contributed by atoms with van der Waals surface area (Å²) in [4.78, 5) is 16.5. The molecular weight excluding hydrogens is 348 g/mol. The fraction of sp³-hybridized carbons (Fsp3) is 0.650. The number of amides is 1. The number of rotatable bonds is 2. The largest absolute Gasteiger partial charge is 0.497 e. The molecule has 0 radical (unpaired) electrons. The number of hydrogen-bond donors (Lipinski definition) is 0. The lowest BCUT2D eigenvalue weighted by molar-refractivity contribution is 0.000379. The second-order valence-corrected chi connectivity index (χ2v) is 7.56. The van der Waals surface area contributed by atoms with E-state index < -0.39 is 5.60 Å². The maximum absolute atomic E-state index is 12.4. The molecule has 0 unspecified atom stereocenters. The molecule has 1 saturated heterocycles. The minimum atomic E-state index is -0.472. The van der Waals surface area contributed by atoms with Crippen LogP contribution in [0.15, 0.2) is 24.3 Å². The highest BCUT2D eigenvalue weighted by atomic mass is 32.1. The Bertz CT molecular complexity index is 553. The molecule has 0 spiro atoms. The third kappa shape index (κ3) is 6.63. The Balaban J connectivity index is 0.00000201. The number of methoxy groups -OCH3 is 1. The van der Waals surface area contributed by atoms with Gasteiger partial charge in [-0.25, -0.2) is 4.79 Å². The molecule has 1 aliphatic rings. The van der Waals surface area contributed by atoms with Gasteiger partial charge in [0, 0.05) is 25.3 Å². The lowest BCUT2D eigenvalue weighted by Crippen LogP contribution is -2.61. The van der Waals surface area contributed by atoms with Gasteiger partial charge in [-0.3, -0.25) is 4.90 Å². The van der Waals surface area contributed by atoms with Crippen molar-refractivity contribution in [3.8, 4) is 5.75 Å². The first-order chi connectivity index (χ1) is 11.6. The molecule has 2 rings (SSSR count). The quantitative estimate of drug-likeness (QED) is 0.743. The van der Waals surface area contributed by atoms with E-state index in [1.165, 1.54) is 0 Å². The molecular formula is C20H36N2O3S. The van der Waals surface area contributed by atoms with Crippen LogP contribution < -0.4 is 9.64 Å². The van der Waals surface area contributed by atoms with Gasteiger partial charge in [-0.1, -0.05) is 13.8 Å². The summed E-state index contributed by atoms with van der Waals surface area (Å²) in [7, 11) is 1.66. The Morgan fingerprint density at radius 2 is 1.62 bits per heavy atom. The van der Waals surface area contributed by atoms with Crippen LogP contribution in [0.3, 0.4) is 0 Å². The van der Waals surface area contributed by atoms with E-state index in [4.69, 9.17) is 9.47 Å². The van der Waals surface area contributed by atoms with Gasteiger partial charge in [0.15, 0.2) is 0 Å². The Morgan fingerprint density at radius 3 is 2.04 bits per heavy atom. The van der Waals surface area contributed by atoms with Gasteiger partial charge in [-0.2, -0.15) is 13.5 Å². The first-order valence-electron chi connectivity index (χ1n) is 9.02. The zero-order valence-electron chi connectivity index (χ0n) is 17.5. The highest BCUT2D eigenvalue weighted by molar-refractivity contribution is 7.59. The van der Waals surface area contributed by atoms with Gasteiger partial charge in [0.25, 0.3) is 0 Å². The third-order valence-corrected chi connectivity index (χ3v) is 3.95. The number of piperazine rings is 1. The summed E-state index contributed by atoms with van der Waals surface area (Å²) in [6.07, 6.45) is -0.239. The summed E-state index contributed by atoms with van der Waals surface area (Å²) >= 11 is 0. The van der Waals surface area contributed by atoms with Crippen molar-refractivity contribution < 1.29 is 14.3 Å². The fourth-order valence-corrected chi connectivity index (χ4v) is 2.82. The Kier molecular flexibility index (Phi) is 9.35. The van der Waals surface area contributed by atoms with E-state index in [1.807, 2.05) is 51.7 Å². The van der Waals surface area contributed by atoms with Crippen molar-refractivity contribution in [3.63, 3.8) is 0 Å². The minimum Gasteiger partial charge on any atom is -0.497 e. The summed E-state index contributed by atoms with van der Waals surface area (Å²) in [6.45, 7) is 16.0. The van der Waals surface area contributed by atoms with Crippen LogP contribution in [0.25, 0.3) is 0 Å². The third-order valence-electron chi connectivity index (χ3n) is 3.95. The molecule has 1 heterocycles. The highest BCUT2D eigenvalue weighted by Gasteiger charge is 2.38. The average Bonchev–Trinajstić information content (AvgIpc) is 2.54. The van der Waals surface area contributed by atoms with Crippen LogP contribution in [0.4, 0.5) is 10.5 Å². The number of carbonyl (C=O) groups is 1. The van der Waals surface area contributed by atoms with Crippen molar-refractivity contribution >= 4 is 25.3 Å². The number of benzene rings is 1. The Labute approximate surface area is 166 Å². The summed E-state index contributed by atoms with van der Waals surface area (Å²) in [5, 5.41) is 0. The highest BCUT2D eigenvalue weighted by Crippen LogP contribution is 2.28. The summed E-state index contributed by atoms with van der Waals surface area (Å²) in [5.74, 6) is 0.848. The summed E-state index contributed by atoms with van der Waals surface area (Å²) < 4.78 is 10.7. The molecule has 0 atom stereocenters. The molecule has 0 aromatic heterocycles. The fourth-order valence-electron chi connectivity index (χ4n) is 2.82. The normalized spacial score (nSPS) is 16.0. The van der Waals surface area contributed by atoms with E-state index in [0.717, 1.165) is 24.5 Å². The summed E-state index contributed by atoms with van der Waals surface area (Å²) in [5.41, 5.74) is 0.378. The van der Waals surface area contributed by atoms with Gasteiger partial charge < -0.3 is 14.4 Å². The molecule has 1 aliphatic heterocycles. The van der Waals surface area contributed by atoms with Gasteiger partial charge in [0.05, 0.1) is 12.6 Å². The number of nitrogens with zero attached hydrogens (tertiary/aromatic N) is 2. The maximum Gasteiger partial charge on any atom is 0.410 e. The SMILES string of the molecule is CC.COc1ccc(N2CCN(C(=O)OC(C)(C)C)C(C)(C)C2)cc1.S. The van der Waals surface area contributed by atoms with E-state index in [2.05, 4.69) is 30.9 Å². The van der Waals surface area contributed by atoms with Crippen molar-refractivity contribution in [2.24, 2.45) is 0 Å². The van der Waals surface area contributed by atoms with Crippen LogP contribution in [0.2, 0.25) is 0 Å². The van der Waals surface area contributed by atoms with Crippen molar-refractivity contribution in [3.05, 3.63) is 24.3 Å². The van der Waals surface area contributed by atoms with E-state index >= 15 is 0 Å². The second-order valence-electron chi connectivity index (χ2n) is 7.56. The van der Waals surface area contributed by atoms with Crippen LogP contribution in [-0.2, 0) is 4.74 Å². The van der Waals surface area contributed by atoms with Gasteiger partial charge in [-0.15, -0.1) is 0 Å². The second kappa shape index (κ2) is 9.95.